The van der Waals surface area contributed by atoms with Crippen molar-refractivity contribution in [2.24, 2.45) is 0 Å². The van der Waals surface area contributed by atoms with Crippen molar-refractivity contribution < 1.29 is 9.53 Å². The smallest absolute Gasteiger partial charge is 0.255 e. The molecule has 1 amide bonds. The third kappa shape index (κ3) is 2.53. The zero-order chi connectivity index (χ0) is 11.4. The minimum absolute atomic E-state index is 0.226. The number of carbonyl (C=O) groups is 1. The van der Waals surface area contributed by atoms with Crippen LogP contribution in [0, 0.1) is 0 Å². The fourth-order valence-corrected chi connectivity index (χ4v) is 1.33. The maximum absolute atomic E-state index is 11.6. The first kappa shape index (κ1) is 11.7. The molecule has 1 aromatic carbocycles. The Balaban J connectivity index is 3.15. The Labute approximate surface area is 93.4 Å². The number of ether oxygens (including phenoxy) is 1. The van der Waals surface area contributed by atoms with Crippen molar-refractivity contribution in [3.63, 3.8) is 0 Å². The molecule has 1 aromatic rings. The molecule has 1 rings (SSSR count). The van der Waals surface area contributed by atoms with Gasteiger partial charge < -0.3 is 15.8 Å². The van der Waals surface area contributed by atoms with Crippen LogP contribution in [-0.4, -0.2) is 19.6 Å². The van der Waals surface area contributed by atoms with Crippen LogP contribution in [0.5, 0.6) is 5.75 Å². The summed E-state index contributed by atoms with van der Waals surface area (Å²) in [6.07, 6.45) is 0. The maximum atomic E-state index is 11.6. The largest absolute Gasteiger partial charge is 0.496 e. The normalized spacial score (nSPS) is 9.80. The zero-order valence-electron chi connectivity index (χ0n) is 8.63. The minimum atomic E-state index is -0.226. The van der Waals surface area contributed by atoms with E-state index in [1.54, 1.807) is 0 Å². The van der Waals surface area contributed by atoms with Crippen molar-refractivity contribution in [2.75, 3.05) is 19.4 Å². The van der Waals surface area contributed by atoms with Crippen molar-refractivity contribution in [3.05, 3.63) is 22.7 Å². The summed E-state index contributed by atoms with van der Waals surface area (Å²) in [6.45, 7) is 2.38. The Morgan fingerprint density at radius 3 is 2.80 bits per heavy atom. The second kappa shape index (κ2) is 4.89. The van der Waals surface area contributed by atoms with E-state index in [1.807, 2.05) is 6.92 Å². The van der Waals surface area contributed by atoms with Crippen molar-refractivity contribution in [2.45, 2.75) is 6.92 Å². The lowest BCUT2D eigenvalue weighted by atomic mass is 10.1. The fourth-order valence-electron chi connectivity index (χ4n) is 1.17. The van der Waals surface area contributed by atoms with Gasteiger partial charge in [0, 0.05) is 12.6 Å². The molecule has 4 nitrogen and oxygen atoms in total. The van der Waals surface area contributed by atoms with Gasteiger partial charge in [-0.2, -0.15) is 0 Å². The number of hydrogen-bond donors (Lipinski definition) is 2. The lowest BCUT2D eigenvalue weighted by molar-refractivity contribution is 0.0953. The molecule has 0 bridgehead atoms. The number of anilines is 1. The molecule has 5 heteroatoms. The van der Waals surface area contributed by atoms with E-state index < -0.39 is 0 Å². The van der Waals surface area contributed by atoms with E-state index in [2.05, 4.69) is 5.32 Å². The van der Waals surface area contributed by atoms with Crippen LogP contribution in [0.25, 0.3) is 0 Å². The molecule has 0 heterocycles. The third-order valence-electron chi connectivity index (χ3n) is 1.90. The summed E-state index contributed by atoms with van der Waals surface area (Å²) in [5.41, 5.74) is 6.37. The van der Waals surface area contributed by atoms with E-state index in [0.29, 0.717) is 28.6 Å². The van der Waals surface area contributed by atoms with Gasteiger partial charge in [-0.1, -0.05) is 11.6 Å². The van der Waals surface area contributed by atoms with Crippen molar-refractivity contribution in [3.8, 4) is 5.75 Å². The average molecular weight is 229 g/mol. The number of benzene rings is 1. The summed E-state index contributed by atoms with van der Waals surface area (Å²) in [7, 11) is 1.48. The number of carbonyl (C=O) groups excluding carboxylic acids is 1. The first-order valence-electron chi connectivity index (χ1n) is 4.51. The SMILES string of the molecule is CCNC(=O)c1cc(Cl)c(N)cc1OC. The van der Waals surface area contributed by atoms with Crippen LogP contribution in [-0.2, 0) is 0 Å². The molecular formula is C10H13ClN2O2. The molecule has 0 radical (unpaired) electrons. The second-order valence-corrected chi connectivity index (χ2v) is 3.34. The molecule has 0 aliphatic heterocycles. The molecule has 0 aliphatic rings. The lowest BCUT2D eigenvalue weighted by Gasteiger charge is -2.10. The molecular weight excluding hydrogens is 216 g/mol. The second-order valence-electron chi connectivity index (χ2n) is 2.93. The van der Waals surface area contributed by atoms with E-state index in [0.717, 1.165) is 0 Å². The average Bonchev–Trinajstić information content (AvgIpc) is 2.21. The lowest BCUT2D eigenvalue weighted by Crippen LogP contribution is -2.23. The minimum Gasteiger partial charge on any atom is -0.496 e. The van der Waals surface area contributed by atoms with Crippen LogP contribution in [0.15, 0.2) is 12.1 Å². The molecule has 3 N–H and O–H groups in total. The predicted molar refractivity (Wildman–Crippen MR) is 60.4 cm³/mol. The highest BCUT2D eigenvalue weighted by Gasteiger charge is 2.13. The first-order valence-corrected chi connectivity index (χ1v) is 4.89. The quantitative estimate of drug-likeness (QED) is 0.774. The van der Waals surface area contributed by atoms with E-state index in [-0.39, 0.29) is 5.91 Å². The van der Waals surface area contributed by atoms with Crippen LogP contribution in [0.3, 0.4) is 0 Å². The molecule has 15 heavy (non-hydrogen) atoms. The number of nitrogens with one attached hydrogen (secondary N) is 1. The highest BCUT2D eigenvalue weighted by molar-refractivity contribution is 6.33. The number of amides is 1. The maximum Gasteiger partial charge on any atom is 0.255 e. The molecule has 0 saturated carbocycles. The number of rotatable bonds is 3. The molecule has 0 unspecified atom stereocenters. The number of nitrogen functional groups attached to an aromatic ring is 1. The summed E-state index contributed by atoms with van der Waals surface area (Å²) in [5, 5.41) is 3.01. The number of hydrogen-bond acceptors (Lipinski definition) is 3. The summed E-state index contributed by atoms with van der Waals surface area (Å²) in [6, 6.07) is 3.04. The standard InChI is InChI=1S/C10H13ClN2O2/c1-3-13-10(14)6-4-7(11)8(12)5-9(6)15-2/h4-5H,3,12H2,1-2H3,(H,13,14). The van der Waals surface area contributed by atoms with Crippen LogP contribution in [0.2, 0.25) is 5.02 Å². The Morgan fingerprint density at radius 1 is 1.60 bits per heavy atom. The fraction of sp³-hybridized carbons (Fsp3) is 0.300. The van der Waals surface area contributed by atoms with Gasteiger partial charge >= 0.3 is 0 Å². The van der Waals surface area contributed by atoms with Crippen molar-refractivity contribution in [1.29, 1.82) is 0 Å². The zero-order valence-corrected chi connectivity index (χ0v) is 9.39. The number of nitrogens with two attached hydrogens (primary N) is 1. The third-order valence-corrected chi connectivity index (χ3v) is 2.23. The molecule has 0 atom stereocenters. The monoisotopic (exact) mass is 228 g/mol. The first-order chi connectivity index (χ1) is 7.10. The van der Waals surface area contributed by atoms with Gasteiger partial charge in [0.05, 0.1) is 23.4 Å². The van der Waals surface area contributed by atoms with Crippen LogP contribution in [0.4, 0.5) is 5.69 Å². The van der Waals surface area contributed by atoms with Crippen molar-refractivity contribution >= 4 is 23.2 Å². The summed E-state index contributed by atoms with van der Waals surface area (Å²) < 4.78 is 5.05. The van der Waals surface area contributed by atoms with Crippen molar-refractivity contribution in [1.82, 2.24) is 5.32 Å². The van der Waals surface area contributed by atoms with Gasteiger partial charge in [-0.15, -0.1) is 0 Å². The molecule has 0 aromatic heterocycles. The highest BCUT2D eigenvalue weighted by Crippen LogP contribution is 2.28. The predicted octanol–water partition coefficient (Wildman–Crippen LogP) is 1.68. The van der Waals surface area contributed by atoms with Gasteiger partial charge in [0.15, 0.2) is 0 Å². The molecule has 0 fully saturated rings. The number of methoxy groups -OCH3 is 1. The number of halogens is 1. The van der Waals surface area contributed by atoms with Gasteiger partial charge in [0.2, 0.25) is 0 Å². The van der Waals surface area contributed by atoms with Gasteiger partial charge in [-0.25, -0.2) is 0 Å². The van der Waals surface area contributed by atoms with E-state index >= 15 is 0 Å². The summed E-state index contributed by atoms with van der Waals surface area (Å²) in [4.78, 5) is 11.6. The molecule has 82 valence electrons. The molecule has 0 saturated heterocycles. The Morgan fingerprint density at radius 2 is 2.27 bits per heavy atom. The highest BCUT2D eigenvalue weighted by atomic mass is 35.5. The Hall–Kier alpha value is -1.42. The summed E-state index contributed by atoms with van der Waals surface area (Å²) in [5.74, 6) is 0.194. The summed E-state index contributed by atoms with van der Waals surface area (Å²) >= 11 is 5.83. The van der Waals surface area contributed by atoms with Gasteiger partial charge in [0.25, 0.3) is 5.91 Å². The van der Waals surface area contributed by atoms with Crippen LogP contribution >= 0.6 is 11.6 Å². The van der Waals surface area contributed by atoms with E-state index in [9.17, 15) is 4.79 Å². The van der Waals surface area contributed by atoms with E-state index in [1.165, 1.54) is 19.2 Å². The Bertz CT molecular complexity index is 380. The topological polar surface area (TPSA) is 64.4 Å². The van der Waals surface area contributed by atoms with E-state index in [4.69, 9.17) is 22.1 Å². The van der Waals surface area contributed by atoms with Gasteiger partial charge in [-0.3, -0.25) is 4.79 Å². The van der Waals surface area contributed by atoms with Gasteiger partial charge in [0.1, 0.15) is 5.75 Å². The van der Waals surface area contributed by atoms with Crippen LogP contribution in [0.1, 0.15) is 17.3 Å². The van der Waals surface area contributed by atoms with Gasteiger partial charge in [-0.05, 0) is 13.0 Å². The molecule has 0 aliphatic carbocycles. The van der Waals surface area contributed by atoms with Crippen LogP contribution < -0.4 is 15.8 Å². The Kier molecular flexibility index (Phi) is 3.80. The molecule has 0 spiro atoms.